The third-order valence-corrected chi connectivity index (χ3v) is 4.63. The Morgan fingerprint density at radius 1 is 1.19 bits per heavy atom. The van der Waals surface area contributed by atoms with E-state index in [1.165, 1.54) is 0 Å². The van der Waals surface area contributed by atoms with Crippen LogP contribution in [0, 0.1) is 17.8 Å². The van der Waals surface area contributed by atoms with Gasteiger partial charge in [-0.1, -0.05) is 48.0 Å². The molecule has 1 aliphatic rings. The summed E-state index contributed by atoms with van der Waals surface area (Å²) in [4.78, 5) is 15.0. The minimum absolute atomic E-state index is 0.0507. The van der Waals surface area contributed by atoms with Crippen LogP contribution in [0.2, 0.25) is 0 Å². The lowest BCUT2D eigenvalue weighted by molar-refractivity contribution is -0.136. The van der Waals surface area contributed by atoms with E-state index >= 15 is 0 Å². The van der Waals surface area contributed by atoms with Crippen LogP contribution in [0.5, 0.6) is 0 Å². The van der Waals surface area contributed by atoms with Gasteiger partial charge in [0.2, 0.25) is 5.91 Å². The first-order valence-corrected chi connectivity index (χ1v) is 8.50. The van der Waals surface area contributed by atoms with E-state index in [9.17, 15) is 4.79 Å². The van der Waals surface area contributed by atoms with Crippen LogP contribution in [0.15, 0.2) is 0 Å². The summed E-state index contributed by atoms with van der Waals surface area (Å²) in [6.45, 7) is 16.3. The molecule has 1 aliphatic heterocycles. The Hall–Kier alpha value is -0.610. The maximum atomic E-state index is 12.9. The molecule has 0 spiro atoms. The fraction of sp³-hybridized carbons (Fsp3) is 0.941. The normalized spacial score (nSPS) is 26.0. The van der Waals surface area contributed by atoms with Gasteiger partial charge in [-0.05, 0) is 24.7 Å². The molecule has 1 saturated heterocycles. The molecule has 0 aromatic carbocycles. The van der Waals surface area contributed by atoms with Gasteiger partial charge in [0, 0.05) is 6.61 Å². The highest BCUT2D eigenvalue weighted by atomic mass is 16.5. The van der Waals surface area contributed by atoms with Crippen molar-refractivity contribution in [2.45, 2.75) is 73.1 Å². The van der Waals surface area contributed by atoms with Crippen LogP contribution in [-0.4, -0.2) is 42.3 Å². The third-order valence-electron chi connectivity index (χ3n) is 4.63. The first-order chi connectivity index (χ1) is 9.84. The van der Waals surface area contributed by atoms with Crippen molar-refractivity contribution in [2.75, 3.05) is 13.2 Å². The average Bonchev–Trinajstić information content (AvgIpc) is 2.76. The van der Waals surface area contributed by atoms with Crippen molar-refractivity contribution in [3.63, 3.8) is 0 Å². The maximum absolute atomic E-state index is 12.9. The van der Waals surface area contributed by atoms with Crippen LogP contribution in [0.25, 0.3) is 0 Å². The second-order valence-corrected chi connectivity index (χ2v) is 6.94. The fourth-order valence-electron chi connectivity index (χ4n) is 2.99. The molecule has 4 unspecified atom stereocenters. The number of carbonyl (C=O) groups is 1. The zero-order chi connectivity index (χ0) is 16.2. The summed E-state index contributed by atoms with van der Waals surface area (Å²) in [5.41, 5.74) is 0. The molecule has 4 heteroatoms. The first-order valence-electron chi connectivity index (χ1n) is 8.50. The van der Waals surface area contributed by atoms with Crippen LogP contribution >= 0.6 is 0 Å². The average molecular weight is 298 g/mol. The number of ether oxygens (including phenoxy) is 1. The van der Waals surface area contributed by atoms with Gasteiger partial charge < -0.3 is 9.64 Å². The van der Waals surface area contributed by atoms with E-state index in [-0.39, 0.29) is 24.2 Å². The Labute approximate surface area is 130 Å². The Morgan fingerprint density at radius 2 is 1.81 bits per heavy atom. The van der Waals surface area contributed by atoms with E-state index in [2.05, 4.69) is 51.8 Å². The Kier molecular flexibility index (Phi) is 7.14. The Bertz CT molecular complexity index is 331. The van der Waals surface area contributed by atoms with Crippen molar-refractivity contribution >= 4 is 5.91 Å². The zero-order valence-corrected chi connectivity index (χ0v) is 14.8. The second-order valence-electron chi connectivity index (χ2n) is 6.94. The largest absolute Gasteiger partial charge is 0.380 e. The molecule has 4 nitrogen and oxygen atoms in total. The number of hydrogen-bond donors (Lipinski definition) is 1. The van der Waals surface area contributed by atoms with E-state index in [4.69, 9.17) is 4.74 Å². The minimum Gasteiger partial charge on any atom is -0.380 e. The molecule has 21 heavy (non-hydrogen) atoms. The van der Waals surface area contributed by atoms with Crippen LogP contribution in [0.1, 0.15) is 54.9 Å². The topological polar surface area (TPSA) is 41.6 Å². The van der Waals surface area contributed by atoms with Crippen molar-refractivity contribution < 1.29 is 9.53 Å². The van der Waals surface area contributed by atoms with Gasteiger partial charge in [-0.15, -0.1) is 0 Å². The molecule has 0 radical (unpaired) electrons. The summed E-state index contributed by atoms with van der Waals surface area (Å²) >= 11 is 0. The highest BCUT2D eigenvalue weighted by molar-refractivity contribution is 5.85. The number of carbonyl (C=O) groups excluding carboxylic acids is 1. The lowest BCUT2D eigenvalue weighted by Gasteiger charge is -2.36. The summed E-state index contributed by atoms with van der Waals surface area (Å²) in [6, 6.07) is 0.0942. The van der Waals surface area contributed by atoms with Crippen molar-refractivity contribution in [3.05, 3.63) is 0 Å². The van der Waals surface area contributed by atoms with Gasteiger partial charge in [0.15, 0.2) is 0 Å². The van der Waals surface area contributed by atoms with Crippen molar-refractivity contribution in [1.82, 2.24) is 10.2 Å². The van der Waals surface area contributed by atoms with Crippen LogP contribution in [0.3, 0.4) is 0 Å². The second kappa shape index (κ2) is 8.14. The van der Waals surface area contributed by atoms with Gasteiger partial charge in [0.1, 0.15) is 0 Å². The molecule has 0 aliphatic carbocycles. The highest BCUT2D eigenvalue weighted by Crippen LogP contribution is 2.28. The molecule has 124 valence electrons. The minimum atomic E-state index is -0.0507. The monoisotopic (exact) mass is 298 g/mol. The molecule has 4 atom stereocenters. The molecule has 0 aromatic heterocycles. The molecule has 0 saturated carbocycles. The van der Waals surface area contributed by atoms with Crippen molar-refractivity contribution in [1.29, 1.82) is 0 Å². The van der Waals surface area contributed by atoms with Crippen molar-refractivity contribution in [2.24, 2.45) is 17.8 Å². The molecular weight excluding hydrogens is 264 g/mol. The third kappa shape index (κ3) is 4.19. The number of hydrogen-bond acceptors (Lipinski definition) is 3. The van der Waals surface area contributed by atoms with Gasteiger partial charge in [-0.25, -0.2) is 0 Å². The number of rotatable bonds is 8. The Balaban J connectivity index is 3.00. The maximum Gasteiger partial charge on any atom is 0.241 e. The molecule has 0 aromatic rings. The predicted molar refractivity (Wildman–Crippen MR) is 87.0 cm³/mol. The molecule has 1 fully saturated rings. The van der Waals surface area contributed by atoms with E-state index in [1.807, 2.05) is 6.92 Å². The summed E-state index contributed by atoms with van der Waals surface area (Å²) in [5.74, 6) is 1.40. The van der Waals surface area contributed by atoms with E-state index < -0.39 is 0 Å². The lowest BCUT2D eigenvalue weighted by atomic mass is 9.98. The van der Waals surface area contributed by atoms with Crippen LogP contribution < -0.4 is 5.32 Å². The van der Waals surface area contributed by atoms with Gasteiger partial charge in [-0.2, -0.15) is 0 Å². The fourth-order valence-corrected chi connectivity index (χ4v) is 2.99. The lowest BCUT2D eigenvalue weighted by Crippen LogP contribution is -2.51. The van der Waals surface area contributed by atoms with Gasteiger partial charge >= 0.3 is 0 Å². The van der Waals surface area contributed by atoms with Gasteiger partial charge in [-0.3, -0.25) is 10.1 Å². The standard InChI is InChI=1S/C17H34N2O2/c1-8-13(7)15-17(20)19(16(18-15)12(5)6)14(11(3)4)10-21-9-2/h11-16,18H,8-10H2,1-7H3. The Morgan fingerprint density at radius 3 is 2.24 bits per heavy atom. The summed E-state index contributed by atoms with van der Waals surface area (Å²) in [5, 5.41) is 3.57. The number of amides is 1. The summed E-state index contributed by atoms with van der Waals surface area (Å²) < 4.78 is 5.65. The summed E-state index contributed by atoms with van der Waals surface area (Å²) in [6.07, 6.45) is 1.13. The van der Waals surface area contributed by atoms with E-state index in [0.29, 0.717) is 31.0 Å². The predicted octanol–water partition coefficient (Wildman–Crippen LogP) is 2.88. The molecule has 1 heterocycles. The molecule has 1 amide bonds. The number of nitrogens with one attached hydrogen (secondary N) is 1. The van der Waals surface area contributed by atoms with E-state index in [1.54, 1.807) is 0 Å². The quantitative estimate of drug-likeness (QED) is 0.749. The van der Waals surface area contributed by atoms with Gasteiger partial charge in [0.05, 0.1) is 24.9 Å². The molecule has 1 rings (SSSR count). The van der Waals surface area contributed by atoms with Crippen LogP contribution in [-0.2, 0) is 9.53 Å². The van der Waals surface area contributed by atoms with Crippen LogP contribution in [0.4, 0.5) is 0 Å². The van der Waals surface area contributed by atoms with Crippen molar-refractivity contribution in [3.8, 4) is 0 Å². The number of nitrogens with zero attached hydrogens (tertiary/aromatic N) is 1. The smallest absolute Gasteiger partial charge is 0.241 e. The molecule has 0 bridgehead atoms. The first kappa shape index (κ1) is 18.4. The highest BCUT2D eigenvalue weighted by Gasteiger charge is 2.45. The van der Waals surface area contributed by atoms with E-state index in [0.717, 1.165) is 6.42 Å². The van der Waals surface area contributed by atoms with Gasteiger partial charge in [0.25, 0.3) is 0 Å². The zero-order valence-electron chi connectivity index (χ0n) is 14.8. The molecular formula is C17H34N2O2. The SMILES string of the molecule is CCOCC(C(C)C)N1C(=O)C(C(C)CC)NC1C(C)C. The molecule has 1 N–H and O–H groups in total. The summed E-state index contributed by atoms with van der Waals surface area (Å²) in [7, 11) is 0.